The summed E-state index contributed by atoms with van der Waals surface area (Å²) in [6.07, 6.45) is 0. The molecule has 0 amide bonds. The van der Waals surface area contributed by atoms with Gasteiger partial charge in [0.2, 0.25) is 0 Å². The van der Waals surface area contributed by atoms with Crippen molar-refractivity contribution in [2.75, 3.05) is 4.90 Å². The van der Waals surface area contributed by atoms with Gasteiger partial charge in [-0.15, -0.1) is 0 Å². The van der Waals surface area contributed by atoms with Gasteiger partial charge in [-0.05, 0) is 86.3 Å². The first kappa shape index (κ1) is 27.9. The average Bonchev–Trinajstić information content (AvgIpc) is 3.63. The van der Waals surface area contributed by atoms with Crippen LogP contribution in [0.4, 0.5) is 17.1 Å². The normalized spacial score (nSPS) is 13.3. The molecule has 0 atom stereocenters. The minimum Gasteiger partial charge on any atom is -0.456 e. The molecule has 1 heterocycles. The van der Waals surface area contributed by atoms with Crippen molar-refractivity contribution in [3.63, 3.8) is 0 Å². The molecule has 0 fully saturated rings. The molecular formula is C47H33NO. The Morgan fingerprint density at radius 1 is 0.449 bits per heavy atom. The highest BCUT2D eigenvalue weighted by atomic mass is 16.3. The zero-order valence-electron chi connectivity index (χ0n) is 27.4. The van der Waals surface area contributed by atoms with Crippen molar-refractivity contribution in [2.45, 2.75) is 19.3 Å². The summed E-state index contributed by atoms with van der Waals surface area (Å²) >= 11 is 0. The van der Waals surface area contributed by atoms with E-state index in [9.17, 15) is 0 Å². The highest BCUT2D eigenvalue weighted by Gasteiger charge is 2.38. The van der Waals surface area contributed by atoms with E-state index >= 15 is 0 Å². The van der Waals surface area contributed by atoms with E-state index in [-0.39, 0.29) is 5.41 Å². The van der Waals surface area contributed by atoms with Gasteiger partial charge in [-0.3, -0.25) is 0 Å². The Kier molecular flexibility index (Phi) is 5.95. The third-order valence-corrected chi connectivity index (χ3v) is 10.6. The minimum atomic E-state index is -0.126. The van der Waals surface area contributed by atoms with Crippen LogP contribution in [0.2, 0.25) is 0 Å². The molecule has 0 saturated carbocycles. The molecule has 0 aliphatic heterocycles. The molecular weight excluding hydrogens is 595 g/mol. The second-order valence-electron chi connectivity index (χ2n) is 13.7. The number of fused-ring (bicyclic) bond motifs is 8. The maximum absolute atomic E-state index is 6.64. The second-order valence-corrected chi connectivity index (χ2v) is 13.7. The summed E-state index contributed by atoms with van der Waals surface area (Å²) in [5.74, 6) is 0. The maximum atomic E-state index is 6.64. The smallest absolute Gasteiger partial charge is 0.137 e. The lowest BCUT2D eigenvalue weighted by Crippen LogP contribution is -2.16. The van der Waals surface area contributed by atoms with Crippen LogP contribution in [0.25, 0.3) is 65.7 Å². The van der Waals surface area contributed by atoms with Gasteiger partial charge in [0.15, 0.2) is 0 Å². The average molecular weight is 628 g/mol. The van der Waals surface area contributed by atoms with Crippen LogP contribution in [0, 0.1) is 0 Å². The van der Waals surface area contributed by atoms with E-state index in [1.54, 1.807) is 0 Å². The lowest BCUT2D eigenvalue weighted by molar-refractivity contribution is 0.660. The van der Waals surface area contributed by atoms with Gasteiger partial charge in [0.05, 0.1) is 22.4 Å². The lowest BCUT2D eigenvalue weighted by Gasteiger charge is -2.31. The Bertz CT molecular complexity index is 2770. The second kappa shape index (κ2) is 10.4. The molecule has 0 unspecified atom stereocenters. The summed E-state index contributed by atoms with van der Waals surface area (Å²) in [6.45, 7) is 4.70. The quantitative estimate of drug-likeness (QED) is 0.193. The SMILES string of the molecule is CC1(C)c2ccccc2-c2c(N(c3ccccc3-c3ccc4ccccc4c3)c3cccc4oc5cc6ccccc6cc5c34)cccc21. The van der Waals surface area contributed by atoms with Crippen molar-refractivity contribution >= 4 is 60.5 Å². The lowest BCUT2D eigenvalue weighted by atomic mass is 9.82. The molecule has 0 N–H and O–H groups in total. The summed E-state index contributed by atoms with van der Waals surface area (Å²) in [4.78, 5) is 2.49. The number of benzene rings is 8. The summed E-state index contributed by atoms with van der Waals surface area (Å²) in [5, 5.41) is 7.07. The van der Waals surface area contributed by atoms with Gasteiger partial charge in [-0.25, -0.2) is 0 Å². The Hall–Kier alpha value is -6.12. The number of nitrogens with zero attached hydrogens (tertiary/aromatic N) is 1. The van der Waals surface area contributed by atoms with Crippen LogP contribution in [0.1, 0.15) is 25.0 Å². The Morgan fingerprint density at radius 3 is 1.90 bits per heavy atom. The van der Waals surface area contributed by atoms with Crippen LogP contribution >= 0.6 is 0 Å². The predicted octanol–water partition coefficient (Wildman–Crippen LogP) is 13.3. The van der Waals surface area contributed by atoms with Crippen LogP contribution in [0.5, 0.6) is 0 Å². The number of furan rings is 1. The van der Waals surface area contributed by atoms with Gasteiger partial charge >= 0.3 is 0 Å². The van der Waals surface area contributed by atoms with Crippen molar-refractivity contribution in [1.82, 2.24) is 0 Å². The Balaban J connectivity index is 1.32. The highest BCUT2D eigenvalue weighted by molar-refractivity contribution is 6.17. The third-order valence-electron chi connectivity index (χ3n) is 10.6. The molecule has 2 nitrogen and oxygen atoms in total. The standard InChI is InChI=1S/C47H33NO/c1-47(2)38-19-9-7-18-36(38)45-39(47)20-11-22-41(45)48(40-21-10-8-17-35(40)34-26-25-30-13-3-4-14-31(30)27-34)42-23-12-24-43-46(42)37-28-32-15-5-6-16-33(32)29-44(37)49-43/h3-29H,1-2H3. The van der Waals surface area contributed by atoms with E-state index < -0.39 is 0 Å². The Labute approximate surface area is 285 Å². The monoisotopic (exact) mass is 627 g/mol. The molecule has 2 heteroatoms. The molecule has 0 bridgehead atoms. The summed E-state index contributed by atoms with van der Waals surface area (Å²) < 4.78 is 6.64. The van der Waals surface area contributed by atoms with Crippen LogP contribution in [-0.4, -0.2) is 0 Å². The Morgan fingerprint density at radius 2 is 1.06 bits per heavy atom. The van der Waals surface area contributed by atoms with Gasteiger partial charge in [0.1, 0.15) is 11.2 Å². The van der Waals surface area contributed by atoms with Gasteiger partial charge in [-0.1, -0.05) is 135 Å². The first-order valence-electron chi connectivity index (χ1n) is 17.0. The van der Waals surface area contributed by atoms with E-state index in [1.165, 1.54) is 54.9 Å². The predicted molar refractivity (Wildman–Crippen MR) is 206 cm³/mol. The molecule has 232 valence electrons. The first-order valence-corrected chi connectivity index (χ1v) is 17.0. The number of hydrogen-bond donors (Lipinski definition) is 0. The number of anilines is 3. The van der Waals surface area contributed by atoms with Crippen LogP contribution < -0.4 is 4.90 Å². The zero-order valence-corrected chi connectivity index (χ0v) is 27.4. The third kappa shape index (κ3) is 4.14. The molecule has 0 radical (unpaired) electrons. The van der Waals surface area contributed by atoms with Crippen LogP contribution in [0.3, 0.4) is 0 Å². The molecule has 1 aliphatic carbocycles. The van der Waals surface area contributed by atoms with Crippen LogP contribution in [0.15, 0.2) is 168 Å². The van der Waals surface area contributed by atoms with Crippen molar-refractivity contribution in [3.05, 3.63) is 175 Å². The molecule has 8 aromatic carbocycles. The van der Waals surface area contributed by atoms with Crippen molar-refractivity contribution < 1.29 is 4.42 Å². The van der Waals surface area contributed by atoms with E-state index in [4.69, 9.17) is 4.42 Å². The van der Waals surface area contributed by atoms with Gasteiger partial charge in [0, 0.05) is 21.9 Å². The molecule has 10 rings (SSSR count). The highest BCUT2D eigenvalue weighted by Crippen LogP contribution is 2.56. The largest absolute Gasteiger partial charge is 0.456 e. The fraction of sp³-hybridized carbons (Fsp3) is 0.0638. The number of hydrogen-bond acceptors (Lipinski definition) is 2. The van der Waals surface area contributed by atoms with Gasteiger partial charge in [-0.2, -0.15) is 0 Å². The number of para-hydroxylation sites is 1. The molecule has 0 saturated heterocycles. The molecule has 49 heavy (non-hydrogen) atoms. The van der Waals surface area contributed by atoms with Crippen molar-refractivity contribution in [3.8, 4) is 22.3 Å². The van der Waals surface area contributed by atoms with Gasteiger partial charge in [0.25, 0.3) is 0 Å². The molecule has 1 aliphatic rings. The fourth-order valence-corrected chi connectivity index (χ4v) is 8.26. The molecule has 0 spiro atoms. The van der Waals surface area contributed by atoms with E-state index in [2.05, 4.69) is 183 Å². The topological polar surface area (TPSA) is 16.4 Å². The zero-order chi connectivity index (χ0) is 32.7. The molecule has 9 aromatic rings. The summed E-state index contributed by atoms with van der Waals surface area (Å²) in [7, 11) is 0. The van der Waals surface area contributed by atoms with E-state index in [1.807, 2.05) is 0 Å². The van der Waals surface area contributed by atoms with E-state index in [0.29, 0.717) is 0 Å². The summed E-state index contributed by atoms with van der Waals surface area (Å²) in [5.41, 5.74) is 12.7. The first-order chi connectivity index (χ1) is 24.1. The van der Waals surface area contributed by atoms with Crippen LogP contribution in [-0.2, 0) is 5.41 Å². The van der Waals surface area contributed by atoms with Crippen molar-refractivity contribution in [1.29, 1.82) is 0 Å². The van der Waals surface area contributed by atoms with Gasteiger partial charge < -0.3 is 9.32 Å². The molecule has 1 aromatic heterocycles. The van der Waals surface area contributed by atoms with Crippen molar-refractivity contribution in [2.24, 2.45) is 0 Å². The number of rotatable bonds is 4. The summed E-state index contributed by atoms with van der Waals surface area (Å²) in [6, 6.07) is 59.5. The minimum absolute atomic E-state index is 0.126. The van der Waals surface area contributed by atoms with E-state index in [0.717, 1.165) is 39.0 Å². The fourth-order valence-electron chi connectivity index (χ4n) is 8.26. The maximum Gasteiger partial charge on any atom is 0.137 e.